The quantitative estimate of drug-likeness (QED) is 0.801. The number of fused-ring (bicyclic) bond motifs is 2. The van der Waals surface area contributed by atoms with Crippen LogP contribution in [0.1, 0.15) is 25.1 Å². The molecule has 7 nitrogen and oxygen atoms in total. The maximum Gasteiger partial charge on any atom is 0.218 e. The molecule has 0 aromatic carbocycles. The van der Waals surface area contributed by atoms with E-state index in [2.05, 4.69) is 5.10 Å². The van der Waals surface area contributed by atoms with Crippen molar-refractivity contribution in [3.63, 3.8) is 0 Å². The molecule has 3 atom stereocenters. The first kappa shape index (κ1) is 14.8. The highest BCUT2D eigenvalue weighted by Gasteiger charge is 2.45. The summed E-state index contributed by atoms with van der Waals surface area (Å²) in [4.78, 5) is 12.0. The van der Waals surface area contributed by atoms with Crippen LogP contribution in [0.15, 0.2) is 16.7 Å². The molecule has 23 heavy (non-hydrogen) atoms. The van der Waals surface area contributed by atoms with Crippen molar-refractivity contribution in [3.8, 4) is 11.4 Å². The van der Waals surface area contributed by atoms with Gasteiger partial charge in [0.05, 0.1) is 24.5 Å². The molecule has 2 aliphatic rings. The number of hydrogen-bond donors (Lipinski definition) is 0. The van der Waals surface area contributed by atoms with E-state index in [0.717, 1.165) is 17.1 Å². The predicted octanol–water partition coefficient (Wildman–Crippen LogP) is 2.26. The second kappa shape index (κ2) is 5.40. The summed E-state index contributed by atoms with van der Waals surface area (Å²) in [6, 6.07) is 1.65. The number of ketones is 1. The lowest BCUT2D eigenvalue weighted by atomic mass is 10.0. The fourth-order valence-electron chi connectivity index (χ4n) is 3.20. The summed E-state index contributed by atoms with van der Waals surface area (Å²) >= 11 is 5.59. The van der Waals surface area contributed by atoms with Crippen LogP contribution >= 0.6 is 12.2 Å². The predicted molar refractivity (Wildman–Crippen MR) is 82.4 cm³/mol. The molecule has 0 spiro atoms. The van der Waals surface area contributed by atoms with Gasteiger partial charge in [-0.25, -0.2) is 4.68 Å². The molecule has 8 heteroatoms. The van der Waals surface area contributed by atoms with E-state index in [1.54, 1.807) is 10.9 Å². The lowest BCUT2D eigenvalue weighted by molar-refractivity contribution is -0.156. The van der Waals surface area contributed by atoms with Crippen LogP contribution in [0, 0.1) is 11.7 Å². The first-order valence-corrected chi connectivity index (χ1v) is 8.04. The van der Waals surface area contributed by atoms with Crippen molar-refractivity contribution in [1.29, 1.82) is 0 Å². The molecule has 2 aromatic heterocycles. The van der Waals surface area contributed by atoms with Crippen LogP contribution in [0.4, 0.5) is 0 Å². The Morgan fingerprint density at radius 1 is 1.48 bits per heavy atom. The first-order valence-electron chi connectivity index (χ1n) is 7.63. The average Bonchev–Trinajstić information content (AvgIpc) is 3.21. The average molecular weight is 335 g/mol. The third kappa shape index (κ3) is 2.20. The van der Waals surface area contributed by atoms with Gasteiger partial charge in [-0.05, 0) is 32.1 Å². The van der Waals surface area contributed by atoms with Crippen LogP contribution < -0.4 is 0 Å². The lowest BCUT2D eigenvalue weighted by Gasteiger charge is -2.26. The van der Waals surface area contributed by atoms with E-state index in [4.69, 9.17) is 26.1 Å². The number of rotatable bonds is 3. The topological polar surface area (TPSA) is 71.4 Å². The molecule has 0 N–H and O–H groups in total. The Balaban J connectivity index is 1.81. The summed E-state index contributed by atoms with van der Waals surface area (Å²) in [5.41, 5.74) is 0.903. The van der Waals surface area contributed by atoms with Gasteiger partial charge < -0.3 is 18.5 Å². The van der Waals surface area contributed by atoms with E-state index in [9.17, 15) is 4.79 Å². The molecule has 2 fully saturated rings. The Kier molecular flexibility index (Phi) is 3.47. The van der Waals surface area contributed by atoms with E-state index in [0.29, 0.717) is 24.3 Å². The zero-order chi connectivity index (χ0) is 16.1. The number of ether oxygens (including phenoxy) is 2. The molecule has 122 valence electrons. The molecule has 2 saturated heterocycles. The van der Waals surface area contributed by atoms with Crippen LogP contribution in [-0.4, -0.2) is 39.1 Å². The normalized spacial score (nSPS) is 26.9. The second-order valence-electron chi connectivity index (χ2n) is 5.76. The molecular formula is C15H17N3O4S. The second-order valence-corrected chi connectivity index (χ2v) is 6.13. The number of Topliss-reactive ketones (excluding diaryl/α,β-unsaturated/α-hetero) is 1. The fourth-order valence-corrected chi connectivity index (χ4v) is 3.59. The fraction of sp³-hybridized carbons (Fsp3) is 0.533. The molecule has 0 radical (unpaired) electrons. The highest BCUT2D eigenvalue weighted by atomic mass is 32.1. The minimum Gasteiger partial charge on any atom is -0.469 e. The summed E-state index contributed by atoms with van der Waals surface area (Å²) in [5, 5.41) is 4.69. The van der Waals surface area contributed by atoms with Crippen molar-refractivity contribution in [2.75, 3.05) is 6.61 Å². The number of hydrogen-bond acceptors (Lipinski definition) is 6. The smallest absolute Gasteiger partial charge is 0.218 e. The molecule has 2 aliphatic heterocycles. The maximum atomic E-state index is 12.0. The Morgan fingerprint density at radius 3 is 3.00 bits per heavy atom. The summed E-state index contributed by atoms with van der Waals surface area (Å²) < 4.78 is 20.6. The van der Waals surface area contributed by atoms with Crippen LogP contribution in [0.3, 0.4) is 0 Å². The highest BCUT2D eigenvalue weighted by Crippen LogP contribution is 2.34. The van der Waals surface area contributed by atoms with Gasteiger partial charge in [0.1, 0.15) is 11.9 Å². The van der Waals surface area contributed by atoms with Gasteiger partial charge in [0.25, 0.3) is 0 Å². The zero-order valence-corrected chi connectivity index (χ0v) is 13.7. The van der Waals surface area contributed by atoms with Gasteiger partial charge >= 0.3 is 0 Å². The van der Waals surface area contributed by atoms with Crippen LogP contribution in [-0.2, 0) is 20.8 Å². The maximum absolute atomic E-state index is 12.0. The van der Waals surface area contributed by atoms with Crippen molar-refractivity contribution < 1.29 is 18.7 Å². The molecule has 0 aliphatic carbocycles. The number of aromatic nitrogens is 3. The molecule has 0 saturated carbocycles. The lowest BCUT2D eigenvalue weighted by Crippen LogP contribution is -2.37. The molecule has 2 aromatic rings. The van der Waals surface area contributed by atoms with Crippen molar-refractivity contribution in [2.45, 2.75) is 45.2 Å². The summed E-state index contributed by atoms with van der Waals surface area (Å²) in [6.07, 6.45) is 1.06. The van der Waals surface area contributed by atoms with Gasteiger partial charge in [-0.2, -0.15) is 5.10 Å². The Bertz CT molecular complexity index is 821. The van der Waals surface area contributed by atoms with Crippen molar-refractivity contribution in [1.82, 2.24) is 14.3 Å². The van der Waals surface area contributed by atoms with Crippen molar-refractivity contribution in [2.24, 2.45) is 0 Å². The summed E-state index contributed by atoms with van der Waals surface area (Å²) in [7, 11) is 0. The van der Waals surface area contributed by atoms with Gasteiger partial charge in [-0.3, -0.25) is 4.79 Å². The van der Waals surface area contributed by atoms with Gasteiger partial charge in [0.2, 0.25) is 6.29 Å². The monoisotopic (exact) mass is 335 g/mol. The number of furan rings is 1. The highest BCUT2D eigenvalue weighted by molar-refractivity contribution is 7.71. The minimum atomic E-state index is -0.714. The Labute approximate surface area is 137 Å². The van der Waals surface area contributed by atoms with E-state index in [1.807, 2.05) is 24.5 Å². The first-order chi connectivity index (χ1) is 11.1. The third-order valence-corrected chi connectivity index (χ3v) is 4.84. The molecule has 2 bridgehead atoms. The van der Waals surface area contributed by atoms with Crippen LogP contribution in [0.25, 0.3) is 11.4 Å². The van der Waals surface area contributed by atoms with E-state index in [1.165, 1.54) is 0 Å². The SMILES string of the molecule is CCn1c(-c2ccoc2C)nn([C@H]2CC(=O)[C@@H]3OC[C@H]2O3)c1=S. The van der Waals surface area contributed by atoms with Crippen molar-refractivity contribution in [3.05, 3.63) is 22.9 Å². The van der Waals surface area contributed by atoms with Gasteiger partial charge in [0, 0.05) is 13.0 Å². The van der Waals surface area contributed by atoms with Crippen molar-refractivity contribution >= 4 is 18.0 Å². The van der Waals surface area contributed by atoms with E-state index >= 15 is 0 Å². The number of carbonyl (C=O) groups excluding carboxylic acids is 1. The molecule has 4 rings (SSSR count). The molecular weight excluding hydrogens is 318 g/mol. The van der Waals surface area contributed by atoms with Gasteiger partial charge in [-0.15, -0.1) is 0 Å². The van der Waals surface area contributed by atoms with Gasteiger partial charge in [0.15, 0.2) is 16.4 Å². The molecule has 0 amide bonds. The number of carbonyl (C=O) groups is 1. The minimum absolute atomic E-state index is 0.0576. The largest absolute Gasteiger partial charge is 0.469 e. The summed E-state index contributed by atoms with van der Waals surface area (Å²) in [5.74, 6) is 1.47. The summed E-state index contributed by atoms with van der Waals surface area (Å²) in [6.45, 7) is 4.98. The van der Waals surface area contributed by atoms with E-state index < -0.39 is 6.29 Å². The number of nitrogens with zero attached hydrogens (tertiary/aromatic N) is 3. The molecule has 4 heterocycles. The third-order valence-electron chi connectivity index (χ3n) is 4.43. The Morgan fingerprint density at radius 2 is 2.30 bits per heavy atom. The standard InChI is InChI=1S/C15H17N3O4S/c1-3-17-13(9-4-5-20-8(9)2)16-18(15(17)23)10-6-11(19)14-21-7-12(10)22-14/h4-5,10,12,14H,3,6-7H2,1-2H3/t10-,12+,14+/m0/s1. The molecule has 0 unspecified atom stereocenters. The Hall–Kier alpha value is -1.77. The van der Waals surface area contributed by atoms with Crippen LogP contribution in [0.5, 0.6) is 0 Å². The van der Waals surface area contributed by atoms with Crippen LogP contribution in [0.2, 0.25) is 0 Å². The van der Waals surface area contributed by atoms with E-state index in [-0.39, 0.29) is 17.9 Å². The number of aryl methyl sites for hydroxylation is 1. The van der Waals surface area contributed by atoms with Gasteiger partial charge in [-0.1, -0.05) is 0 Å². The zero-order valence-electron chi connectivity index (χ0n) is 12.9.